The summed E-state index contributed by atoms with van der Waals surface area (Å²) in [5.74, 6) is -1.93. The molecule has 2 heterocycles. The number of unbranched alkanes of at least 4 members (excludes halogenated alkanes) is 1. The lowest BCUT2D eigenvalue weighted by molar-refractivity contribution is -0.0454. The molecule has 1 fully saturated rings. The number of hydrogen-bond donors (Lipinski definition) is 2. The summed E-state index contributed by atoms with van der Waals surface area (Å²) in [5.41, 5.74) is -1.30. The summed E-state index contributed by atoms with van der Waals surface area (Å²) in [6, 6.07) is 4.45. The topological polar surface area (TPSA) is 101 Å². The molecule has 0 atom stereocenters. The first-order chi connectivity index (χ1) is 16.2. The highest BCUT2D eigenvalue weighted by molar-refractivity contribution is 6.30. The molecule has 2 aromatic rings. The van der Waals surface area contributed by atoms with Gasteiger partial charge in [0.1, 0.15) is 11.4 Å². The van der Waals surface area contributed by atoms with Gasteiger partial charge in [0.15, 0.2) is 11.4 Å². The van der Waals surface area contributed by atoms with Crippen LogP contribution in [-0.2, 0) is 12.1 Å². The molecule has 2 amide bonds. The quantitative estimate of drug-likeness (QED) is 0.580. The van der Waals surface area contributed by atoms with Crippen LogP contribution in [0.1, 0.15) is 59.0 Å². The summed E-state index contributed by atoms with van der Waals surface area (Å²) >= 11 is 5.81. The Morgan fingerprint density at radius 1 is 1.35 bits per heavy atom. The molecule has 1 aromatic carbocycles. The molecule has 4 rings (SSSR count). The van der Waals surface area contributed by atoms with Gasteiger partial charge in [0.2, 0.25) is 5.43 Å². The normalized spacial score (nSPS) is 21.3. The highest BCUT2D eigenvalue weighted by Crippen LogP contribution is 2.44. The number of nitrogens with zero attached hydrogens (tertiary/aromatic N) is 2. The van der Waals surface area contributed by atoms with Crippen LogP contribution < -0.4 is 15.5 Å². The molecule has 34 heavy (non-hydrogen) atoms. The van der Waals surface area contributed by atoms with Crippen LogP contribution in [-0.4, -0.2) is 52.7 Å². The van der Waals surface area contributed by atoms with Crippen molar-refractivity contribution in [1.29, 1.82) is 0 Å². The number of aliphatic hydroxyl groups is 1. The standard InChI is InChI=1S/C24H27ClFN3O5/c1-3-4-8-34-21-19-23(33)28(2)13-24(9-15(30)10-24)29(19)12-16(20(21)31)22(32)27-11-14-6-5-7-17(25)18(14)26/h5-7,12,15,30H,3-4,8-11,13H2,1-2H3,(H,27,32)/t15-,24+. The predicted molar refractivity (Wildman–Crippen MR) is 124 cm³/mol. The van der Waals surface area contributed by atoms with E-state index in [4.69, 9.17) is 16.3 Å². The Hall–Kier alpha value is -2.91. The van der Waals surface area contributed by atoms with Crippen molar-refractivity contribution in [2.75, 3.05) is 20.2 Å². The van der Waals surface area contributed by atoms with E-state index < -0.39 is 28.8 Å². The molecular formula is C24H27ClFN3O5. The minimum absolute atomic E-state index is 0.0691. The van der Waals surface area contributed by atoms with Crippen molar-refractivity contribution >= 4 is 23.4 Å². The summed E-state index contributed by atoms with van der Waals surface area (Å²) in [7, 11) is 1.64. The van der Waals surface area contributed by atoms with Crippen molar-refractivity contribution < 1.29 is 23.8 Å². The molecule has 0 radical (unpaired) electrons. The van der Waals surface area contributed by atoms with Crippen LogP contribution in [0.15, 0.2) is 29.2 Å². The number of aliphatic hydroxyl groups excluding tert-OH is 1. The average Bonchev–Trinajstić information content (AvgIpc) is 2.78. The third kappa shape index (κ3) is 4.18. The summed E-state index contributed by atoms with van der Waals surface area (Å²) in [4.78, 5) is 40.9. The van der Waals surface area contributed by atoms with E-state index >= 15 is 0 Å². The summed E-state index contributed by atoms with van der Waals surface area (Å²) in [5, 5.41) is 12.5. The molecular weight excluding hydrogens is 465 g/mol. The maximum absolute atomic E-state index is 14.2. The van der Waals surface area contributed by atoms with Crippen molar-refractivity contribution in [2.45, 2.75) is 50.8 Å². The Labute approximate surface area is 201 Å². The number of nitrogens with one attached hydrogen (secondary N) is 1. The van der Waals surface area contributed by atoms with Crippen LogP contribution in [0.4, 0.5) is 4.39 Å². The Balaban J connectivity index is 1.75. The molecule has 10 heteroatoms. The van der Waals surface area contributed by atoms with Gasteiger partial charge in [-0.25, -0.2) is 4.39 Å². The van der Waals surface area contributed by atoms with Gasteiger partial charge in [0.05, 0.1) is 23.3 Å². The molecule has 1 aliphatic carbocycles. The van der Waals surface area contributed by atoms with Gasteiger partial charge < -0.3 is 24.6 Å². The van der Waals surface area contributed by atoms with Crippen molar-refractivity contribution in [2.24, 2.45) is 0 Å². The Morgan fingerprint density at radius 3 is 2.76 bits per heavy atom. The van der Waals surface area contributed by atoms with E-state index in [1.54, 1.807) is 17.7 Å². The average molecular weight is 492 g/mol. The second-order valence-electron chi connectivity index (χ2n) is 8.96. The number of fused-ring (bicyclic) bond motifs is 2. The van der Waals surface area contributed by atoms with Crippen LogP contribution in [0.3, 0.4) is 0 Å². The number of carbonyl (C=O) groups excluding carboxylic acids is 2. The Kier molecular flexibility index (Phi) is 6.69. The van der Waals surface area contributed by atoms with E-state index in [1.807, 2.05) is 6.92 Å². The molecule has 0 saturated heterocycles. The van der Waals surface area contributed by atoms with Gasteiger partial charge in [-0.15, -0.1) is 0 Å². The van der Waals surface area contributed by atoms with Crippen LogP contribution >= 0.6 is 11.6 Å². The number of halogens is 2. The molecule has 2 aliphatic rings. The minimum Gasteiger partial charge on any atom is -0.487 e. The minimum atomic E-state index is -0.721. The number of pyridine rings is 1. The van der Waals surface area contributed by atoms with Gasteiger partial charge in [0, 0.05) is 31.9 Å². The van der Waals surface area contributed by atoms with Crippen LogP contribution in [0.2, 0.25) is 5.02 Å². The zero-order chi connectivity index (χ0) is 24.6. The second-order valence-corrected chi connectivity index (χ2v) is 9.37. The molecule has 1 spiro atoms. The molecule has 1 aromatic heterocycles. The van der Waals surface area contributed by atoms with Crippen molar-refractivity contribution in [3.63, 3.8) is 0 Å². The zero-order valence-electron chi connectivity index (χ0n) is 19.1. The molecule has 2 N–H and O–H groups in total. The largest absolute Gasteiger partial charge is 0.487 e. The van der Waals surface area contributed by atoms with Crippen molar-refractivity contribution in [3.05, 3.63) is 62.3 Å². The highest BCUT2D eigenvalue weighted by Gasteiger charge is 2.51. The number of hydrogen-bond acceptors (Lipinski definition) is 5. The molecule has 0 unspecified atom stereocenters. The molecule has 182 valence electrons. The van der Waals surface area contributed by atoms with Gasteiger partial charge in [-0.2, -0.15) is 0 Å². The Morgan fingerprint density at radius 2 is 2.09 bits per heavy atom. The van der Waals surface area contributed by atoms with Gasteiger partial charge in [-0.05, 0) is 25.3 Å². The van der Waals surface area contributed by atoms with E-state index in [-0.39, 0.29) is 46.7 Å². The number of benzene rings is 1. The van der Waals surface area contributed by atoms with Gasteiger partial charge >= 0.3 is 0 Å². The van der Waals surface area contributed by atoms with Crippen molar-refractivity contribution in [1.82, 2.24) is 14.8 Å². The van der Waals surface area contributed by atoms with Crippen LogP contribution in [0.5, 0.6) is 5.75 Å². The van der Waals surface area contributed by atoms with Crippen LogP contribution in [0.25, 0.3) is 0 Å². The maximum Gasteiger partial charge on any atom is 0.274 e. The fourth-order valence-corrected chi connectivity index (χ4v) is 4.84. The lowest BCUT2D eigenvalue weighted by atomic mass is 9.72. The smallest absolute Gasteiger partial charge is 0.274 e. The molecule has 1 aliphatic heterocycles. The first-order valence-corrected chi connectivity index (χ1v) is 11.6. The van der Waals surface area contributed by atoms with Gasteiger partial charge in [-0.3, -0.25) is 14.4 Å². The number of carbonyl (C=O) groups is 2. The van der Waals surface area contributed by atoms with Gasteiger partial charge in [-0.1, -0.05) is 37.1 Å². The van der Waals surface area contributed by atoms with E-state index in [2.05, 4.69) is 5.32 Å². The number of rotatable bonds is 7. The summed E-state index contributed by atoms with van der Waals surface area (Å²) in [6.07, 6.45) is 3.07. The molecule has 1 saturated carbocycles. The number of aromatic nitrogens is 1. The van der Waals surface area contributed by atoms with Gasteiger partial charge in [0.25, 0.3) is 11.8 Å². The van der Waals surface area contributed by atoms with Crippen LogP contribution in [0, 0.1) is 5.82 Å². The first-order valence-electron chi connectivity index (χ1n) is 11.3. The lowest BCUT2D eigenvalue weighted by Crippen LogP contribution is -2.61. The molecule has 0 bridgehead atoms. The highest BCUT2D eigenvalue weighted by atomic mass is 35.5. The predicted octanol–water partition coefficient (Wildman–Crippen LogP) is 2.69. The fourth-order valence-electron chi connectivity index (χ4n) is 4.65. The first kappa shape index (κ1) is 24.2. The SMILES string of the molecule is CCCCOc1c2n(cc(C(=O)NCc3cccc(Cl)c3F)c1=O)[C@]1(CN(C)C2=O)C[C@H](O)C1. The monoisotopic (exact) mass is 491 g/mol. The maximum atomic E-state index is 14.2. The molecule has 8 nitrogen and oxygen atoms in total. The van der Waals surface area contributed by atoms with Crippen molar-refractivity contribution in [3.8, 4) is 5.75 Å². The Bertz CT molecular complexity index is 1190. The van der Waals surface area contributed by atoms with E-state index in [0.717, 1.165) is 6.42 Å². The summed E-state index contributed by atoms with van der Waals surface area (Å²) in [6.45, 7) is 2.34. The number of amides is 2. The third-order valence-electron chi connectivity index (χ3n) is 6.45. The van der Waals surface area contributed by atoms with E-state index in [1.165, 1.54) is 23.2 Å². The third-order valence-corrected chi connectivity index (χ3v) is 6.74. The number of ether oxygens (including phenoxy) is 1. The van der Waals surface area contributed by atoms with E-state index in [0.29, 0.717) is 25.8 Å². The zero-order valence-corrected chi connectivity index (χ0v) is 19.8. The fraction of sp³-hybridized carbons (Fsp3) is 0.458. The van der Waals surface area contributed by atoms with E-state index in [9.17, 15) is 23.9 Å². The summed E-state index contributed by atoms with van der Waals surface area (Å²) < 4.78 is 21.6. The number of likely N-dealkylation sites (N-methyl/N-ethyl adjacent to an activating group) is 1. The second kappa shape index (κ2) is 9.38. The lowest BCUT2D eigenvalue weighted by Gasteiger charge is -2.52.